The summed E-state index contributed by atoms with van der Waals surface area (Å²) in [6.07, 6.45) is 0.640. The third kappa shape index (κ3) is 3.94. The highest BCUT2D eigenvalue weighted by Gasteiger charge is 2.43. The highest BCUT2D eigenvalue weighted by atomic mass is 19.1. The van der Waals surface area contributed by atoms with Crippen LogP contribution in [-0.2, 0) is 16.9 Å². The standard InChI is InChI=1S/C22H28FN3O4/c1-21(2,3)24-20(28)30-15-8-10-25(11-9-15)12-22(29)13-26-17(27)7-5-14-4-6-16(23)18(22)19(14)26/h4-7,15,29H,8-13H2,1-3H3,(H,24,28). The maximum atomic E-state index is 14.7. The summed E-state index contributed by atoms with van der Waals surface area (Å²) < 4.78 is 21.7. The van der Waals surface area contributed by atoms with Gasteiger partial charge in [-0.05, 0) is 57.2 Å². The lowest BCUT2D eigenvalue weighted by Crippen LogP contribution is -2.48. The molecule has 1 aromatic heterocycles. The fourth-order valence-corrected chi connectivity index (χ4v) is 4.48. The molecule has 1 unspecified atom stereocenters. The van der Waals surface area contributed by atoms with Crippen LogP contribution in [0.1, 0.15) is 39.2 Å². The van der Waals surface area contributed by atoms with Gasteiger partial charge in [0, 0.05) is 36.8 Å². The molecule has 0 spiro atoms. The third-order valence-electron chi connectivity index (χ3n) is 5.76. The number of hydrogen-bond donors (Lipinski definition) is 2. The van der Waals surface area contributed by atoms with E-state index in [0.29, 0.717) is 31.4 Å². The second-order valence-corrected chi connectivity index (χ2v) is 9.41. The summed E-state index contributed by atoms with van der Waals surface area (Å²) in [4.78, 5) is 26.3. The number of carbonyl (C=O) groups excluding carboxylic acids is 1. The van der Waals surface area contributed by atoms with Gasteiger partial charge in [0.05, 0.1) is 12.1 Å². The van der Waals surface area contributed by atoms with Crippen LogP contribution in [0.4, 0.5) is 9.18 Å². The van der Waals surface area contributed by atoms with Crippen molar-refractivity contribution in [1.29, 1.82) is 0 Å². The van der Waals surface area contributed by atoms with Crippen molar-refractivity contribution in [1.82, 2.24) is 14.8 Å². The van der Waals surface area contributed by atoms with Crippen LogP contribution in [-0.4, -0.2) is 51.9 Å². The molecule has 162 valence electrons. The Bertz CT molecular complexity index is 1040. The minimum atomic E-state index is -1.48. The number of nitrogens with one attached hydrogen (secondary N) is 1. The zero-order chi connectivity index (χ0) is 21.7. The average molecular weight is 417 g/mol. The van der Waals surface area contributed by atoms with Crippen molar-refractivity contribution in [3.8, 4) is 0 Å². The molecule has 1 aromatic carbocycles. The number of halogens is 1. The predicted octanol–water partition coefficient (Wildman–Crippen LogP) is 2.33. The van der Waals surface area contributed by atoms with Crippen LogP contribution < -0.4 is 10.9 Å². The molecular formula is C22H28FN3O4. The summed E-state index contributed by atoms with van der Waals surface area (Å²) in [5.41, 5.74) is -1.42. The quantitative estimate of drug-likeness (QED) is 0.801. The number of nitrogens with zero attached hydrogens (tertiary/aromatic N) is 2. The molecule has 1 amide bonds. The second kappa shape index (κ2) is 7.35. The molecule has 0 radical (unpaired) electrons. The first-order chi connectivity index (χ1) is 14.1. The smallest absolute Gasteiger partial charge is 0.407 e. The van der Waals surface area contributed by atoms with Crippen LogP contribution in [0.15, 0.2) is 29.1 Å². The van der Waals surface area contributed by atoms with E-state index in [0.717, 1.165) is 5.39 Å². The minimum absolute atomic E-state index is 0.0316. The Morgan fingerprint density at radius 2 is 1.93 bits per heavy atom. The molecule has 4 rings (SSSR count). The van der Waals surface area contributed by atoms with E-state index in [2.05, 4.69) is 5.32 Å². The highest BCUT2D eigenvalue weighted by Crippen LogP contribution is 2.38. The van der Waals surface area contributed by atoms with Gasteiger partial charge in [-0.2, -0.15) is 0 Å². The highest BCUT2D eigenvalue weighted by molar-refractivity contribution is 5.85. The van der Waals surface area contributed by atoms with Crippen molar-refractivity contribution in [2.24, 2.45) is 0 Å². The number of hydrogen-bond acceptors (Lipinski definition) is 5. The van der Waals surface area contributed by atoms with E-state index < -0.39 is 17.5 Å². The normalized spacial score (nSPS) is 22.4. The molecule has 0 bridgehead atoms. The Hall–Kier alpha value is -2.45. The summed E-state index contributed by atoms with van der Waals surface area (Å²) in [5, 5.41) is 14.9. The number of amides is 1. The van der Waals surface area contributed by atoms with Gasteiger partial charge >= 0.3 is 6.09 Å². The molecule has 8 heteroatoms. The maximum absolute atomic E-state index is 14.7. The Labute approximate surface area is 174 Å². The van der Waals surface area contributed by atoms with Gasteiger partial charge in [-0.3, -0.25) is 9.69 Å². The Kier molecular flexibility index (Phi) is 5.10. The minimum Gasteiger partial charge on any atom is -0.446 e. The number of piperidine rings is 1. The average Bonchev–Trinajstić information content (AvgIpc) is 2.95. The van der Waals surface area contributed by atoms with Gasteiger partial charge in [0.2, 0.25) is 0 Å². The predicted molar refractivity (Wildman–Crippen MR) is 111 cm³/mol. The molecule has 2 aromatic rings. The first-order valence-corrected chi connectivity index (χ1v) is 10.3. The summed E-state index contributed by atoms with van der Waals surface area (Å²) in [7, 11) is 0. The van der Waals surface area contributed by atoms with Gasteiger partial charge in [0.15, 0.2) is 0 Å². The van der Waals surface area contributed by atoms with Crippen molar-refractivity contribution in [3.63, 3.8) is 0 Å². The van der Waals surface area contributed by atoms with Gasteiger partial charge in [-0.15, -0.1) is 0 Å². The number of alkyl carbamates (subject to hydrolysis) is 1. The Morgan fingerprint density at radius 1 is 1.27 bits per heavy atom. The van der Waals surface area contributed by atoms with Crippen molar-refractivity contribution in [3.05, 3.63) is 46.0 Å². The van der Waals surface area contributed by atoms with Crippen molar-refractivity contribution < 1.29 is 19.0 Å². The van der Waals surface area contributed by atoms with Gasteiger partial charge in [0.25, 0.3) is 5.56 Å². The number of likely N-dealkylation sites (tertiary alicyclic amines) is 1. The maximum Gasteiger partial charge on any atom is 0.407 e. The van der Waals surface area contributed by atoms with Crippen LogP contribution in [0, 0.1) is 5.82 Å². The van der Waals surface area contributed by atoms with Crippen molar-refractivity contribution in [2.45, 2.75) is 57.4 Å². The molecule has 7 nitrogen and oxygen atoms in total. The molecular weight excluding hydrogens is 389 g/mol. The van der Waals surface area contributed by atoms with Gasteiger partial charge in [-0.25, -0.2) is 9.18 Å². The van der Waals surface area contributed by atoms with E-state index in [4.69, 9.17) is 4.74 Å². The molecule has 2 aliphatic heterocycles. The van der Waals surface area contributed by atoms with E-state index in [1.165, 1.54) is 16.7 Å². The summed E-state index contributed by atoms with van der Waals surface area (Å²) in [6, 6.07) is 6.08. The lowest BCUT2D eigenvalue weighted by atomic mass is 9.92. The fraction of sp³-hybridized carbons (Fsp3) is 0.545. The molecule has 1 fully saturated rings. The van der Waals surface area contributed by atoms with Crippen molar-refractivity contribution >= 4 is 17.0 Å². The van der Waals surface area contributed by atoms with Crippen LogP contribution in [0.25, 0.3) is 10.9 Å². The Morgan fingerprint density at radius 3 is 2.60 bits per heavy atom. The lowest BCUT2D eigenvalue weighted by Gasteiger charge is -2.36. The van der Waals surface area contributed by atoms with Crippen molar-refractivity contribution in [2.75, 3.05) is 19.6 Å². The van der Waals surface area contributed by atoms with E-state index in [1.54, 1.807) is 12.1 Å². The lowest BCUT2D eigenvalue weighted by molar-refractivity contribution is -0.0278. The monoisotopic (exact) mass is 417 g/mol. The first-order valence-electron chi connectivity index (χ1n) is 10.3. The molecule has 30 heavy (non-hydrogen) atoms. The van der Waals surface area contributed by atoms with Crippen LogP contribution in [0.2, 0.25) is 0 Å². The van der Waals surface area contributed by atoms with E-state index >= 15 is 0 Å². The molecule has 0 aliphatic carbocycles. The van der Waals surface area contributed by atoms with Gasteiger partial charge in [0.1, 0.15) is 17.5 Å². The van der Waals surface area contributed by atoms with E-state index in [1.807, 2.05) is 25.7 Å². The van der Waals surface area contributed by atoms with Crippen LogP contribution in [0.3, 0.4) is 0 Å². The number of benzene rings is 1. The number of β-amino-alcohol motifs (C(OH)–C–C–N with tert-alkyl or cyclic N) is 1. The summed E-state index contributed by atoms with van der Waals surface area (Å²) >= 11 is 0. The molecule has 1 saturated heterocycles. The fourth-order valence-electron chi connectivity index (χ4n) is 4.48. The number of pyridine rings is 1. The zero-order valence-corrected chi connectivity index (χ0v) is 17.6. The topological polar surface area (TPSA) is 83.8 Å². The summed E-state index contributed by atoms with van der Waals surface area (Å²) in [6.45, 7) is 7.14. The van der Waals surface area contributed by atoms with Gasteiger partial charge in [-0.1, -0.05) is 0 Å². The van der Waals surface area contributed by atoms with Crippen LogP contribution in [0.5, 0.6) is 0 Å². The second-order valence-electron chi connectivity index (χ2n) is 9.41. The SMILES string of the molecule is CC(C)(C)NC(=O)OC1CCN(CC2(O)Cn3c(=O)ccc4ccc(F)c2c43)CC1. The number of ether oxygens (including phenoxy) is 1. The molecule has 2 N–H and O–H groups in total. The number of rotatable bonds is 3. The molecule has 0 saturated carbocycles. The molecule has 1 atom stereocenters. The summed E-state index contributed by atoms with van der Waals surface area (Å²) in [5.74, 6) is -0.501. The van der Waals surface area contributed by atoms with Gasteiger partial charge < -0.3 is 19.7 Å². The van der Waals surface area contributed by atoms with E-state index in [9.17, 15) is 19.1 Å². The number of aliphatic hydroxyl groups is 1. The Balaban J connectivity index is 1.45. The number of carbonyl (C=O) groups is 1. The zero-order valence-electron chi connectivity index (χ0n) is 17.6. The third-order valence-corrected chi connectivity index (χ3v) is 5.76. The van der Waals surface area contributed by atoms with Crippen LogP contribution >= 0.6 is 0 Å². The van der Waals surface area contributed by atoms with E-state index in [-0.39, 0.29) is 35.9 Å². The largest absolute Gasteiger partial charge is 0.446 e. The first kappa shape index (κ1) is 20.8. The molecule has 3 heterocycles. The number of aromatic nitrogens is 1. The molecule has 2 aliphatic rings.